The summed E-state index contributed by atoms with van der Waals surface area (Å²) < 4.78 is 7.95. The molecule has 0 heterocycles. The van der Waals surface area contributed by atoms with E-state index in [0.29, 0.717) is 6.61 Å². The molecular formula is C26H21Br2NO. The van der Waals surface area contributed by atoms with Gasteiger partial charge in [0.2, 0.25) is 0 Å². The van der Waals surface area contributed by atoms with Crippen molar-refractivity contribution in [3.63, 3.8) is 0 Å². The Morgan fingerprint density at radius 2 is 1.60 bits per heavy atom. The van der Waals surface area contributed by atoms with Crippen LogP contribution in [0.1, 0.15) is 22.3 Å². The molecule has 0 atom stereocenters. The van der Waals surface area contributed by atoms with Gasteiger partial charge in [-0.05, 0) is 96.9 Å². The van der Waals surface area contributed by atoms with E-state index >= 15 is 0 Å². The standard InChI is InChI=1S/C26H21Br2NO/c1-17-10-11-18(2)25(12-17)29-15-19-13-23(27)26(24(28)14-19)30-16-21-8-5-7-20-6-3-4-9-22(20)21/h3-15H,16H2,1-2H3. The first kappa shape index (κ1) is 20.8. The minimum absolute atomic E-state index is 0.495. The molecule has 150 valence electrons. The maximum absolute atomic E-state index is 6.18. The number of fused-ring (bicyclic) bond motifs is 1. The molecule has 2 nitrogen and oxygen atoms in total. The molecule has 4 aromatic rings. The van der Waals surface area contributed by atoms with E-state index in [1.165, 1.54) is 16.3 Å². The average Bonchev–Trinajstić information content (AvgIpc) is 2.74. The van der Waals surface area contributed by atoms with Crippen molar-refractivity contribution in [2.75, 3.05) is 0 Å². The van der Waals surface area contributed by atoms with Gasteiger partial charge in [0, 0.05) is 6.21 Å². The zero-order valence-corrected chi connectivity index (χ0v) is 20.0. The number of rotatable bonds is 5. The second kappa shape index (κ2) is 9.15. The van der Waals surface area contributed by atoms with Gasteiger partial charge in [-0.15, -0.1) is 0 Å². The molecule has 0 fully saturated rings. The minimum atomic E-state index is 0.495. The van der Waals surface area contributed by atoms with Crippen LogP contribution in [0.3, 0.4) is 0 Å². The number of halogens is 2. The highest BCUT2D eigenvalue weighted by molar-refractivity contribution is 9.11. The van der Waals surface area contributed by atoms with Gasteiger partial charge in [-0.2, -0.15) is 0 Å². The molecule has 0 radical (unpaired) electrons. The van der Waals surface area contributed by atoms with Crippen LogP contribution in [-0.2, 0) is 6.61 Å². The first-order valence-corrected chi connectivity index (χ1v) is 11.3. The van der Waals surface area contributed by atoms with E-state index in [9.17, 15) is 0 Å². The fourth-order valence-corrected chi connectivity index (χ4v) is 4.81. The lowest BCUT2D eigenvalue weighted by Crippen LogP contribution is -1.98. The fraction of sp³-hybridized carbons (Fsp3) is 0.115. The van der Waals surface area contributed by atoms with Crippen LogP contribution in [0.25, 0.3) is 10.8 Å². The molecule has 30 heavy (non-hydrogen) atoms. The predicted octanol–water partition coefficient (Wildman–Crippen LogP) is 8.31. The van der Waals surface area contributed by atoms with Crippen molar-refractivity contribution in [2.45, 2.75) is 20.5 Å². The van der Waals surface area contributed by atoms with Gasteiger partial charge in [0.05, 0.1) is 14.6 Å². The van der Waals surface area contributed by atoms with Gasteiger partial charge in [-0.3, -0.25) is 4.99 Å². The molecule has 0 aliphatic heterocycles. The van der Waals surface area contributed by atoms with Gasteiger partial charge in [-0.25, -0.2) is 0 Å². The Morgan fingerprint density at radius 3 is 2.40 bits per heavy atom. The Kier molecular flexibility index (Phi) is 6.35. The van der Waals surface area contributed by atoms with Crippen molar-refractivity contribution in [3.05, 3.63) is 104 Å². The summed E-state index contributed by atoms with van der Waals surface area (Å²) in [5.74, 6) is 0.784. The second-order valence-electron chi connectivity index (χ2n) is 7.29. The zero-order valence-electron chi connectivity index (χ0n) is 16.8. The van der Waals surface area contributed by atoms with Crippen LogP contribution < -0.4 is 4.74 Å². The summed E-state index contributed by atoms with van der Waals surface area (Å²) in [6.45, 7) is 4.64. The number of benzene rings is 4. The van der Waals surface area contributed by atoms with E-state index in [4.69, 9.17) is 4.74 Å². The fourth-order valence-electron chi connectivity index (χ4n) is 3.36. The highest BCUT2D eigenvalue weighted by Gasteiger charge is 2.10. The summed E-state index contributed by atoms with van der Waals surface area (Å²) in [5, 5.41) is 2.43. The van der Waals surface area contributed by atoms with Crippen molar-refractivity contribution in [1.82, 2.24) is 0 Å². The second-order valence-corrected chi connectivity index (χ2v) is 9.00. The number of hydrogen-bond donors (Lipinski definition) is 0. The lowest BCUT2D eigenvalue weighted by molar-refractivity contribution is 0.303. The van der Waals surface area contributed by atoms with E-state index in [1.807, 2.05) is 18.3 Å². The number of ether oxygens (including phenoxy) is 1. The molecule has 0 amide bonds. The number of aryl methyl sites for hydroxylation is 2. The van der Waals surface area contributed by atoms with Crippen molar-refractivity contribution in [1.29, 1.82) is 0 Å². The van der Waals surface area contributed by atoms with Gasteiger partial charge in [-0.1, -0.05) is 54.6 Å². The normalized spacial score (nSPS) is 11.3. The molecule has 0 aliphatic rings. The summed E-state index contributed by atoms with van der Waals surface area (Å²) >= 11 is 7.31. The van der Waals surface area contributed by atoms with Crippen LogP contribution in [-0.4, -0.2) is 6.21 Å². The molecule has 4 aromatic carbocycles. The largest absolute Gasteiger partial charge is 0.487 e. The lowest BCUT2D eigenvalue weighted by atomic mass is 10.1. The monoisotopic (exact) mass is 521 g/mol. The smallest absolute Gasteiger partial charge is 0.148 e. The third-order valence-electron chi connectivity index (χ3n) is 4.99. The van der Waals surface area contributed by atoms with Crippen LogP contribution in [0.4, 0.5) is 5.69 Å². The molecule has 0 aliphatic carbocycles. The first-order valence-electron chi connectivity index (χ1n) is 9.71. The lowest BCUT2D eigenvalue weighted by Gasteiger charge is -2.13. The minimum Gasteiger partial charge on any atom is -0.487 e. The summed E-state index contributed by atoms with van der Waals surface area (Å²) in [4.78, 5) is 4.67. The molecule has 0 bridgehead atoms. The van der Waals surface area contributed by atoms with Crippen molar-refractivity contribution < 1.29 is 4.74 Å². The molecule has 0 spiro atoms. The van der Waals surface area contributed by atoms with Crippen molar-refractivity contribution >= 4 is 54.5 Å². The van der Waals surface area contributed by atoms with E-state index in [2.05, 4.69) is 111 Å². The number of aliphatic imine (C=N–C) groups is 1. The topological polar surface area (TPSA) is 21.6 Å². The van der Waals surface area contributed by atoms with Gasteiger partial charge < -0.3 is 4.74 Å². The van der Waals surface area contributed by atoms with Crippen LogP contribution in [0.2, 0.25) is 0 Å². The number of hydrogen-bond acceptors (Lipinski definition) is 2. The summed E-state index contributed by atoms with van der Waals surface area (Å²) in [6, 6.07) is 25.0. The Hall–Kier alpha value is -2.43. The molecule has 0 saturated heterocycles. The highest BCUT2D eigenvalue weighted by atomic mass is 79.9. The molecular weight excluding hydrogens is 502 g/mol. The maximum Gasteiger partial charge on any atom is 0.148 e. The Balaban J connectivity index is 1.55. The molecule has 0 N–H and O–H groups in total. The SMILES string of the molecule is Cc1ccc(C)c(N=Cc2cc(Br)c(OCc3cccc4ccccc34)c(Br)c2)c1. The van der Waals surface area contributed by atoms with E-state index < -0.39 is 0 Å². The van der Waals surface area contributed by atoms with Gasteiger partial charge in [0.1, 0.15) is 12.4 Å². The summed E-state index contributed by atoms with van der Waals surface area (Å²) in [6.07, 6.45) is 1.88. The molecule has 0 aromatic heterocycles. The third-order valence-corrected chi connectivity index (χ3v) is 6.17. The maximum atomic E-state index is 6.18. The molecule has 4 heteroatoms. The van der Waals surface area contributed by atoms with Crippen molar-refractivity contribution in [2.24, 2.45) is 4.99 Å². The Bertz CT molecular complexity index is 1220. The van der Waals surface area contributed by atoms with Gasteiger partial charge in [0.25, 0.3) is 0 Å². The summed E-state index contributed by atoms with van der Waals surface area (Å²) in [7, 11) is 0. The quantitative estimate of drug-likeness (QED) is 0.241. The molecule has 0 saturated carbocycles. The van der Waals surface area contributed by atoms with Crippen LogP contribution in [0.15, 0.2) is 86.7 Å². The van der Waals surface area contributed by atoms with Crippen LogP contribution in [0, 0.1) is 13.8 Å². The van der Waals surface area contributed by atoms with Gasteiger partial charge in [0.15, 0.2) is 0 Å². The van der Waals surface area contributed by atoms with E-state index in [0.717, 1.165) is 37.1 Å². The van der Waals surface area contributed by atoms with Crippen LogP contribution >= 0.6 is 31.9 Å². The highest BCUT2D eigenvalue weighted by Crippen LogP contribution is 2.35. The number of nitrogens with zero attached hydrogens (tertiary/aromatic N) is 1. The summed E-state index contributed by atoms with van der Waals surface area (Å²) in [5.41, 5.74) is 5.50. The molecule has 4 rings (SSSR count). The average molecular weight is 523 g/mol. The van der Waals surface area contributed by atoms with E-state index in [1.54, 1.807) is 0 Å². The zero-order chi connectivity index (χ0) is 21.1. The van der Waals surface area contributed by atoms with Gasteiger partial charge >= 0.3 is 0 Å². The first-order chi connectivity index (χ1) is 14.5. The Morgan fingerprint density at radius 1 is 0.867 bits per heavy atom. The van der Waals surface area contributed by atoms with Crippen molar-refractivity contribution in [3.8, 4) is 5.75 Å². The van der Waals surface area contributed by atoms with Crippen LogP contribution in [0.5, 0.6) is 5.75 Å². The van der Waals surface area contributed by atoms with E-state index in [-0.39, 0.29) is 0 Å². The predicted molar refractivity (Wildman–Crippen MR) is 133 cm³/mol. The third kappa shape index (κ3) is 4.66. The Labute approximate surface area is 193 Å². The molecule has 0 unspecified atom stereocenters.